The van der Waals surface area contributed by atoms with Crippen LogP contribution in [0.5, 0.6) is 0 Å². The van der Waals surface area contributed by atoms with Crippen molar-refractivity contribution in [2.75, 3.05) is 0 Å². The summed E-state index contributed by atoms with van der Waals surface area (Å²) < 4.78 is 13.5. The van der Waals surface area contributed by atoms with Gasteiger partial charge in [0.2, 0.25) is 0 Å². The molecule has 13 aromatic rings. The van der Waals surface area contributed by atoms with E-state index in [-0.39, 0.29) is 0 Å². The van der Waals surface area contributed by atoms with E-state index in [1.165, 1.54) is 76.5 Å². The van der Waals surface area contributed by atoms with Crippen LogP contribution in [-0.2, 0) is 0 Å². The van der Waals surface area contributed by atoms with Crippen LogP contribution in [0, 0.1) is 0 Å². The molecule has 0 aliphatic heterocycles. The van der Waals surface area contributed by atoms with Crippen molar-refractivity contribution < 1.29 is 4.42 Å². The molecule has 0 amide bonds. The topological polar surface area (TPSA) is 27.9 Å². The van der Waals surface area contributed by atoms with Crippen LogP contribution in [0.4, 0.5) is 0 Å². The van der Waals surface area contributed by atoms with Crippen LogP contribution in [0.15, 0.2) is 205 Å². The molecule has 0 spiro atoms. The first kappa shape index (κ1) is 31.4. The third kappa shape index (κ3) is 4.34. The van der Waals surface area contributed by atoms with E-state index in [1.807, 2.05) is 12.1 Å². The fourth-order valence-corrected chi connectivity index (χ4v) is 9.72. The van der Waals surface area contributed by atoms with Crippen LogP contribution in [0.2, 0.25) is 0 Å². The smallest absolute Gasteiger partial charge is 0.135 e. The van der Waals surface area contributed by atoms with E-state index < -0.39 is 0 Å². The highest BCUT2D eigenvalue weighted by Gasteiger charge is 2.22. The predicted molar refractivity (Wildman–Crippen MR) is 242 cm³/mol. The number of fused-ring (bicyclic) bond motifs is 13. The average Bonchev–Trinajstić information content (AvgIpc) is 4.02. The van der Waals surface area contributed by atoms with Crippen molar-refractivity contribution in [2.45, 2.75) is 0 Å². The molecule has 0 fully saturated rings. The number of benzene rings is 9. The minimum atomic E-state index is 0.900. The molecular weight excluding hydrogens is 707 g/mol. The van der Waals surface area contributed by atoms with Crippen LogP contribution in [0.1, 0.15) is 0 Å². The van der Waals surface area contributed by atoms with Crippen LogP contribution in [0.3, 0.4) is 0 Å². The van der Waals surface area contributed by atoms with Gasteiger partial charge in [0.15, 0.2) is 0 Å². The van der Waals surface area contributed by atoms with Crippen LogP contribution >= 0.6 is 0 Å². The molecule has 0 unspecified atom stereocenters. The van der Waals surface area contributed by atoms with E-state index in [4.69, 9.17) is 4.42 Å². The molecule has 4 aromatic heterocycles. The quantitative estimate of drug-likeness (QED) is 0.177. The number of aromatic nitrogens is 3. The van der Waals surface area contributed by atoms with Gasteiger partial charge in [0.25, 0.3) is 0 Å². The lowest BCUT2D eigenvalue weighted by atomic mass is 10.1. The van der Waals surface area contributed by atoms with E-state index in [2.05, 4.69) is 202 Å². The van der Waals surface area contributed by atoms with Crippen LogP contribution in [0.25, 0.3) is 116 Å². The molecule has 4 heteroatoms. The van der Waals surface area contributed by atoms with Crippen molar-refractivity contribution in [3.8, 4) is 28.2 Å². The highest BCUT2D eigenvalue weighted by molar-refractivity contribution is 6.26. The summed E-state index contributed by atoms with van der Waals surface area (Å²) in [5.74, 6) is 0. The molecule has 0 bridgehead atoms. The molecule has 0 aliphatic carbocycles. The van der Waals surface area contributed by atoms with Crippen LogP contribution < -0.4 is 0 Å². The van der Waals surface area contributed by atoms with Crippen molar-refractivity contribution in [3.63, 3.8) is 0 Å². The van der Waals surface area contributed by atoms with Gasteiger partial charge in [-0.2, -0.15) is 0 Å². The van der Waals surface area contributed by atoms with E-state index >= 15 is 0 Å². The zero-order valence-electron chi connectivity index (χ0n) is 31.3. The molecule has 0 aliphatic rings. The van der Waals surface area contributed by atoms with E-state index in [9.17, 15) is 0 Å². The van der Waals surface area contributed by atoms with Gasteiger partial charge < -0.3 is 18.1 Å². The summed E-state index contributed by atoms with van der Waals surface area (Å²) in [6.45, 7) is 0. The van der Waals surface area contributed by atoms with Gasteiger partial charge >= 0.3 is 0 Å². The summed E-state index contributed by atoms with van der Waals surface area (Å²) in [7, 11) is 0. The largest absolute Gasteiger partial charge is 0.456 e. The molecule has 58 heavy (non-hydrogen) atoms. The molecule has 0 saturated heterocycles. The summed E-state index contributed by atoms with van der Waals surface area (Å²) in [5.41, 5.74) is 14.7. The highest BCUT2D eigenvalue weighted by Crippen LogP contribution is 2.43. The van der Waals surface area contributed by atoms with E-state index in [0.29, 0.717) is 0 Å². The molecule has 9 aromatic carbocycles. The fourth-order valence-electron chi connectivity index (χ4n) is 9.72. The Hall–Kier alpha value is -7.82. The second kappa shape index (κ2) is 11.8. The van der Waals surface area contributed by atoms with Gasteiger partial charge in [-0.1, -0.05) is 121 Å². The fraction of sp³-hybridized carbons (Fsp3) is 0. The standard InChI is InChI=1S/C54H33N3O/c1-2-12-34(13-3-1)35-22-24-36(25-23-35)57-47-19-9-4-14-39(47)42-28-30-50-53(54(42)57)43-17-6-10-20-48(43)56(50)37-26-29-49-44(32-37)40-15-5-8-18-46(40)55(49)38-27-31-52-45(33-38)41-16-7-11-21-51(41)58-52/h1-33H. The number of nitrogens with zero attached hydrogens (tertiary/aromatic N) is 3. The molecule has 0 N–H and O–H groups in total. The summed E-state index contributed by atoms with van der Waals surface area (Å²) >= 11 is 0. The van der Waals surface area contributed by atoms with Crippen molar-refractivity contribution >= 4 is 87.4 Å². The van der Waals surface area contributed by atoms with Gasteiger partial charge in [-0.05, 0) is 90.0 Å². The maximum absolute atomic E-state index is 6.21. The highest BCUT2D eigenvalue weighted by atomic mass is 16.3. The van der Waals surface area contributed by atoms with Gasteiger partial charge in [0.1, 0.15) is 11.2 Å². The van der Waals surface area contributed by atoms with Gasteiger partial charge in [-0.25, -0.2) is 0 Å². The zero-order chi connectivity index (χ0) is 37.9. The Morgan fingerprint density at radius 2 is 0.776 bits per heavy atom. The van der Waals surface area contributed by atoms with Crippen LogP contribution in [-0.4, -0.2) is 13.7 Å². The Bertz CT molecular complexity index is 3780. The number of para-hydroxylation sites is 4. The molecule has 0 saturated carbocycles. The Morgan fingerprint density at radius 1 is 0.276 bits per heavy atom. The summed E-state index contributed by atoms with van der Waals surface area (Å²) in [6.07, 6.45) is 0. The second-order valence-electron chi connectivity index (χ2n) is 15.3. The molecule has 13 rings (SSSR count). The molecule has 270 valence electrons. The average molecular weight is 740 g/mol. The predicted octanol–water partition coefficient (Wildman–Crippen LogP) is 14.5. The first-order valence-corrected chi connectivity index (χ1v) is 19.8. The Balaban J connectivity index is 1.06. The van der Waals surface area contributed by atoms with Gasteiger partial charge in [0, 0.05) is 60.2 Å². The molecular formula is C54H33N3O. The normalized spacial score (nSPS) is 12.1. The number of hydrogen-bond donors (Lipinski definition) is 0. The summed E-state index contributed by atoms with van der Waals surface area (Å²) in [5, 5.41) is 9.67. The zero-order valence-corrected chi connectivity index (χ0v) is 31.3. The first-order valence-electron chi connectivity index (χ1n) is 19.8. The third-order valence-corrected chi connectivity index (χ3v) is 12.2. The second-order valence-corrected chi connectivity index (χ2v) is 15.3. The van der Waals surface area contributed by atoms with Crippen molar-refractivity contribution in [1.82, 2.24) is 13.7 Å². The Kier molecular flexibility index (Phi) is 6.41. The molecule has 0 atom stereocenters. The number of furan rings is 1. The van der Waals surface area contributed by atoms with Crippen molar-refractivity contribution in [2.24, 2.45) is 0 Å². The lowest BCUT2D eigenvalue weighted by Crippen LogP contribution is -1.96. The molecule has 0 radical (unpaired) electrons. The maximum atomic E-state index is 6.21. The third-order valence-electron chi connectivity index (χ3n) is 12.2. The summed E-state index contributed by atoms with van der Waals surface area (Å²) in [6, 6.07) is 72.6. The Morgan fingerprint density at radius 3 is 1.55 bits per heavy atom. The monoisotopic (exact) mass is 739 g/mol. The number of rotatable bonds is 4. The van der Waals surface area contributed by atoms with E-state index in [1.54, 1.807) is 0 Å². The van der Waals surface area contributed by atoms with Crippen molar-refractivity contribution in [3.05, 3.63) is 200 Å². The molecule has 4 nitrogen and oxygen atoms in total. The van der Waals surface area contributed by atoms with Crippen molar-refractivity contribution in [1.29, 1.82) is 0 Å². The van der Waals surface area contributed by atoms with Gasteiger partial charge in [-0.3, -0.25) is 0 Å². The minimum Gasteiger partial charge on any atom is -0.456 e. The maximum Gasteiger partial charge on any atom is 0.135 e. The first-order chi connectivity index (χ1) is 28.8. The minimum absolute atomic E-state index is 0.900. The SMILES string of the molecule is c1ccc(-c2ccc(-n3c4ccccc4c4ccc5c(c6ccccc6n5-c5ccc6c(c5)c5ccccc5n6-c5ccc6oc7ccccc7c6c5)c43)cc2)cc1. The van der Waals surface area contributed by atoms with Gasteiger partial charge in [-0.15, -0.1) is 0 Å². The lowest BCUT2D eigenvalue weighted by Gasteiger charge is -2.12. The molecule has 4 heterocycles. The van der Waals surface area contributed by atoms with Gasteiger partial charge in [0.05, 0.1) is 33.1 Å². The van der Waals surface area contributed by atoms with E-state index in [0.717, 1.165) is 39.0 Å². The Labute approximate surface area is 332 Å². The summed E-state index contributed by atoms with van der Waals surface area (Å²) in [4.78, 5) is 0. The lowest BCUT2D eigenvalue weighted by molar-refractivity contribution is 0.669. The number of hydrogen-bond acceptors (Lipinski definition) is 1.